The fourth-order valence-corrected chi connectivity index (χ4v) is 1.39. The minimum atomic E-state index is 0.574. The fourth-order valence-electron chi connectivity index (χ4n) is 1.13. The summed E-state index contributed by atoms with van der Waals surface area (Å²) < 4.78 is 2.20. The molecule has 0 aliphatic rings. The first-order valence-electron chi connectivity index (χ1n) is 3.88. The molecule has 0 saturated heterocycles. The zero-order valence-corrected chi connectivity index (χ0v) is 8.64. The van der Waals surface area contributed by atoms with Crippen LogP contribution in [0.3, 0.4) is 0 Å². The molecule has 0 saturated carbocycles. The lowest BCUT2D eigenvalue weighted by atomic mass is 10.2. The molecule has 0 atom stereocenters. The third-order valence-corrected chi connectivity index (χ3v) is 2.10. The topological polar surface area (TPSA) is 54.5 Å². The van der Waals surface area contributed by atoms with Crippen LogP contribution < -0.4 is 0 Å². The van der Waals surface area contributed by atoms with Crippen molar-refractivity contribution in [3.8, 4) is 11.8 Å². The summed E-state index contributed by atoms with van der Waals surface area (Å²) in [5, 5.41) is 16.5. The number of hydrogen-bond acceptors (Lipinski definition) is 3. The minimum Gasteiger partial charge on any atom is -0.218 e. The van der Waals surface area contributed by atoms with Crippen molar-refractivity contribution >= 4 is 15.9 Å². The normalized spacial score (nSPS) is 9.71. The van der Waals surface area contributed by atoms with Gasteiger partial charge in [0, 0.05) is 0 Å². The van der Waals surface area contributed by atoms with Gasteiger partial charge in [0.1, 0.15) is 10.7 Å². The van der Waals surface area contributed by atoms with E-state index >= 15 is 0 Å². The average molecular weight is 249 g/mol. The van der Waals surface area contributed by atoms with Crippen LogP contribution in [0.15, 0.2) is 35.1 Å². The third kappa shape index (κ3) is 1.52. The second kappa shape index (κ2) is 3.60. The van der Waals surface area contributed by atoms with Crippen LogP contribution >= 0.6 is 15.9 Å². The van der Waals surface area contributed by atoms with Gasteiger partial charge in [0.2, 0.25) is 0 Å². The van der Waals surface area contributed by atoms with Gasteiger partial charge in [-0.1, -0.05) is 17.3 Å². The van der Waals surface area contributed by atoms with Gasteiger partial charge in [-0.25, -0.2) is 4.68 Å². The van der Waals surface area contributed by atoms with E-state index < -0.39 is 0 Å². The van der Waals surface area contributed by atoms with Crippen LogP contribution in [0.4, 0.5) is 0 Å². The van der Waals surface area contributed by atoms with Gasteiger partial charge in [0.25, 0.3) is 0 Å². The highest BCUT2D eigenvalue weighted by atomic mass is 79.9. The molecule has 1 aromatic heterocycles. The second-order valence-electron chi connectivity index (χ2n) is 2.61. The average Bonchev–Trinajstić information content (AvgIpc) is 2.65. The summed E-state index contributed by atoms with van der Waals surface area (Å²) >= 11 is 3.20. The van der Waals surface area contributed by atoms with Crippen LogP contribution in [0.5, 0.6) is 0 Å². The van der Waals surface area contributed by atoms with Gasteiger partial charge in [-0.2, -0.15) is 5.26 Å². The molecule has 0 aliphatic heterocycles. The molecule has 0 aliphatic carbocycles. The predicted octanol–water partition coefficient (Wildman–Crippen LogP) is 1.90. The van der Waals surface area contributed by atoms with Crippen molar-refractivity contribution in [2.45, 2.75) is 0 Å². The van der Waals surface area contributed by atoms with Gasteiger partial charge in [-0.15, -0.1) is 5.10 Å². The van der Waals surface area contributed by atoms with Crippen LogP contribution in [-0.2, 0) is 0 Å². The van der Waals surface area contributed by atoms with Gasteiger partial charge in [-0.3, -0.25) is 0 Å². The highest BCUT2D eigenvalue weighted by Crippen LogP contribution is 2.13. The van der Waals surface area contributed by atoms with E-state index in [0.717, 1.165) is 5.69 Å². The fraction of sp³-hybridized carbons (Fsp3) is 0. The van der Waals surface area contributed by atoms with E-state index in [4.69, 9.17) is 5.26 Å². The summed E-state index contributed by atoms with van der Waals surface area (Å²) in [6.45, 7) is 0. The van der Waals surface area contributed by atoms with Crippen LogP contribution in [0.2, 0.25) is 0 Å². The van der Waals surface area contributed by atoms with Crippen LogP contribution in [0.1, 0.15) is 5.56 Å². The van der Waals surface area contributed by atoms with E-state index in [1.165, 1.54) is 0 Å². The predicted molar refractivity (Wildman–Crippen MR) is 53.8 cm³/mol. The number of hydrogen-bond donors (Lipinski definition) is 0. The van der Waals surface area contributed by atoms with Crippen LogP contribution in [-0.4, -0.2) is 15.0 Å². The lowest BCUT2D eigenvalue weighted by Crippen LogP contribution is -1.97. The summed E-state index contributed by atoms with van der Waals surface area (Å²) in [6.07, 6.45) is 1.70. The van der Waals surface area contributed by atoms with E-state index in [2.05, 4.69) is 32.3 Å². The molecule has 68 valence electrons. The first-order valence-corrected chi connectivity index (χ1v) is 4.68. The summed E-state index contributed by atoms with van der Waals surface area (Å²) in [6, 6.07) is 9.33. The summed E-state index contributed by atoms with van der Waals surface area (Å²) in [7, 11) is 0. The molecule has 4 nitrogen and oxygen atoms in total. The number of nitrogens with zero attached hydrogens (tertiary/aromatic N) is 4. The molecule has 2 aromatic rings. The summed E-state index contributed by atoms with van der Waals surface area (Å²) in [5.74, 6) is 0. The van der Waals surface area contributed by atoms with Gasteiger partial charge < -0.3 is 0 Å². The highest BCUT2D eigenvalue weighted by molar-refractivity contribution is 9.10. The smallest absolute Gasteiger partial charge is 0.148 e. The molecular weight excluding hydrogens is 244 g/mol. The van der Waals surface area contributed by atoms with E-state index in [1.54, 1.807) is 16.9 Å². The maximum atomic E-state index is 8.86. The Bertz CT molecular complexity index is 498. The Kier molecular flexibility index (Phi) is 2.29. The summed E-state index contributed by atoms with van der Waals surface area (Å²) in [5.41, 5.74) is 1.30. The Hall–Kier alpha value is -1.67. The molecule has 1 aromatic carbocycles. The standard InChI is InChI=1S/C9H5BrN4/c10-9-6-14(13-12-9)8-4-2-1-3-7(8)5-11/h1-4,6H. The Morgan fingerprint density at radius 3 is 2.79 bits per heavy atom. The SMILES string of the molecule is N#Cc1ccccc1-n1cc(Br)nn1. The van der Waals surface area contributed by atoms with Crippen molar-refractivity contribution in [3.05, 3.63) is 40.6 Å². The molecule has 0 bridgehead atoms. The first kappa shape index (κ1) is 8.91. The van der Waals surface area contributed by atoms with Crippen molar-refractivity contribution < 1.29 is 0 Å². The Balaban J connectivity index is 2.57. The zero-order valence-electron chi connectivity index (χ0n) is 7.05. The number of nitriles is 1. The lowest BCUT2D eigenvalue weighted by Gasteiger charge is -2.00. The lowest BCUT2D eigenvalue weighted by molar-refractivity contribution is 0.800. The van der Waals surface area contributed by atoms with Crippen molar-refractivity contribution in [2.24, 2.45) is 0 Å². The Morgan fingerprint density at radius 2 is 2.14 bits per heavy atom. The van der Waals surface area contributed by atoms with E-state index in [1.807, 2.05) is 18.2 Å². The van der Waals surface area contributed by atoms with Crippen molar-refractivity contribution in [3.63, 3.8) is 0 Å². The number of rotatable bonds is 1. The Morgan fingerprint density at radius 1 is 1.36 bits per heavy atom. The van der Waals surface area contributed by atoms with Crippen LogP contribution in [0, 0.1) is 11.3 Å². The second-order valence-corrected chi connectivity index (χ2v) is 3.43. The molecule has 0 N–H and O–H groups in total. The van der Waals surface area contributed by atoms with Crippen LogP contribution in [0.25, 0.3) is 5.69 Å². The number of halogens is 1. The van der Waals surface area contributed by atoms with Gasteiger partial charge in [-0.05, 0) is 28.1 Å². The maximum Gasteiger partial charge on any atom is 0.148 e. The number of aromatic nitrogens is 3. The zero-order chi connectivity index (χ0) is 9.97. The number of benzene rings is 1. The molecule has 5 heteroatoms. The highest BCUT2D eigenvalue weighted by Gasteiger charge is 2.04. The third-order valence-electron chi connectivity index (χ3n) is 1.74. The molecule has 2 rings (SSSR count). The monoisotopic (exact) mass is 248 g/mol. The molecule has 0 radical (unpaired) electrons. The molecular formula is C9H5BrN4. The molecule has 1 heterocycles. The molecule has 0 unspecified atom stereocenters. The number of para-hydroxylation sites is 1. The first-order chi connectivity index (χ1) is 6.81. The van der Waals surface area contributed by atoms with Crippen molar-refractivity contribution in [1.82, 2.24) is 15.0 Å². The minimum absolute atomic E-state index is 0.574. The van der Waals surface area contributed by atoms with E-state index in [0.29, 0.717) is 10.2 Å². The summed E-state index contributed by atoms with van der Waals surface area (Å²) in [4.78, 5) is 0. The quantitative estimate of drug-likeness (QED) is 0.775. The van der Waals surface area contributed by atoms with Crippen molar-refractivity contribution in [1.29, 1.82) is 5.26 Å². The van der Waals surface area contributed by atoms with Crippen molar-refractivity contribution in [2.75, 3.05) is 0 Å². The molecule has 0 fully saturated rings. The molecule has 14 heavy (non-hydrogen) atoms. The molecule has 0 amide bonds. The Labute approximate surface area is 88.9 Å². The van der Waals surface area contributed by atoms with Gasteiger partial charge in [0.05, 0.1) is 17.4 Å². The largest absolute Gasteiger partial charge is 0.218 e. The van der Waals surface area contributed by atoms with Gasteiger partial charge in [0.15, 0.2) is 0 Å². The van der Waals surface area contributed by atoms with Gasteiger partial charge >= 0.3 is 0 Å². The maximum absolute atomic E-state index is 8.86. The van der Waals surface area contributed by atoms with E-state index in [9.17, 15) is 0 Å². The molecule has 0 spiro atoms. The van der Waals surface area contributed by atoms with E-state index in [-0.39, 0.29) is 0 Å².